The van der Waals surface area contributed by atoms with Gasteiger partial charge in [0.1, 0.15) is 0 Å². The third kappa shape index (κ3) is 9.44. The first kappa shape index (κ1) is 11.4. The predicted octanol–water partition coefficient (Wildman–Crippen LogP) is 0.262. The quantitative estimate of drug-likeness (QED) is 0.420. The number of rotatable bonds is 8. The molecule has 0 saturated heterocycles. The van der Waals surface area contributed by atoms with Gasteiger partial charge in [0, 0.05) is 26.6 Å². The molecule has 0 aromatic carbocycles. The third-order valence-corrected chi connectivity index (χ3v) is 1.30. The Bertz CT molecular complexity index is 120. The number of ether oxygens (including phenoxy) is 2. The largest absolute Gasteiger partial charge is 0.382 e. The summed E-state index contributed by atoms with van der Waals surface area (Å²) in [5, 5.41) is 3.15. The highest BCUT2D eigenvalue weighted by Crippen LogP contribution is 1.75. The second-order valence-electron chi connectivity index (χ2n) is 2.31. The van der Waals surface area contributed by atoms with Crippen LogP contribution in [0.1, 0.15) is 6.42 Å². The van der Waals surface area contributed by atoms with Gasteiger partial charge in [0.15, 0.2) is 0 Å². The summed E-state index contributed by atoms with van der Waals surface area (Å²) in [5.41, 5.74) is 0. The molecular weight excluding hydrogens is 154 g/mol. The average Bonchev–Trinajstić information content (AvgIpc) is 2.10. The van der Waals surface area contributed by atoms with Crippen molar-refractivity contribution in [1.29, 1.82) is 0 Å². The van der Waals surface area contributed by atoms with Crippen LogP contribution in [0, 0.1) is 12.3 Å². The molecule has 0 radical (unpaired) electrons. The lowest BCUT2D eigenvalue weighted by Gasteiger charge is -2.03. The van der Waals surface area contributed by atoms with E-state index in [0.717, 1.165) is 19.5 Å². The summed E-state index contributed by atoms with van der Waals surface area (Å²) in [4.78, 5) is 0. The molecule has 0 unspecified atom stereocenters. The zero-order valence-electron chi connectivity index (χ0n) is 7.64. The van der Waals surface area contributed by atoms with Crippen molar-refractivity contribution in [1.82, 2.24) is 5.32 Å². The molecule has 1 N–H and O–H groups in total. The van der Waals surface area contributed by atoms with Crippen LogP contribution in [0.25, 0.3) is 0 Å². The summed E-state index contributed by atoms with van der Waals surface area (Å²) in [6.45, 7) is 3.75. The van der Waals surface area contributed by atoms with Gasteiger partial charge in [-0.15, -0.1) is 12.3 Å². The molecule has 0 amide bonds. The van der Waals surface area contributed by atoms with E-state index in [1.807, 2.05) is 0 Å². The minimum atomic E-state index is 0.657. The van der Waals surface area contributed by atoms with Gasteiger partial charge in [-0.3, -0.25) is 0 Å². The van der Waals surface area contributed by atoms with Crippen LogP contribution >= 0.6 is 0 Å². The van der Waals surface area contributed by atoms with Crippen LogP contribution in [0.3, 0.4) is 0 Å². The second kappa shape index (κ2) is 10.4. The Morgan fingerprint density at radius 1 is 1.25 bits per heavy atom. The Balaban J connectivity index is 2.78. The van der Waals surface area contributed by atoms with Gasteiger partial charge >= 0.3 is 0 Å². The number of methoxy groups -OCH3 is 1. The zero-order valence-corrected chi connectivity index (χ0v) is 7.64. The van der Waals surface area contributed by atoms with E-state index in [2.05, 4.69) is 11.2 Å². The van der Waals surface area contributed by atoms with Crippen LogP contribution < -0.4 is 5.32 Å². The highest BCUT2D eigenvalue weighted by atomic mass is 16.5. The number of terminal acetylenes is 1. The second-order valence-corrected chi connectivity index (χ2v) is 2.31. The van der Waals surface area contributed by atoms with Gasteiger partial charge in [0.2, 0.25) is 0 Å². The third-order valence-electron chi connectivity index (χ3n) is 1.30. The number of hydrogen-bond acceptors (Lipinski definition) is 3. The van der Waals surface area contributed by atoms with Crippen LogP contribution in [-0.4, -0.2) is 40.0 Å². The molecule has 0 bridgehead atoms. The normalized spacial score (nSPS) is 9.67. The fourth-order valence-corrected chi connectivity index (χ4v) is 0.674. The minimum Gasteiger partial charge on any atom is -0.382 e. The summed E-state index contributed by atoms with van der Waals surface area (Å²) >= 11 is 0. The van der Waals surface area contributed by atoms with Gasteiger partial charge in [0.05, 0.1) is 19.8 Å². The predicted molar refractivity (Wildman–Crippen MR) is 49.0 cm³/mol. The van der Waals surface area contributed by atoms with E-state index in [-0.39, 0.29) is 0 Å². The summed E-state index contributed by atoms with van der Waals surface area (Å²) in [6.07, 6.45) is 5.85. The van der Waals surface area contributed by atoms with Gasteiger partial charge < -0.3 is 14.8 Å². The molecule has 3 nitrogen and oxygen atoms in total. The number of hydrogen-bond donors (Lipinski definition) is 1. The molecule has 0 atom stereocenters. The SMILES string of the molecule is C#CCCNCCOCCOC. The highest BCUT2D eigenvalue weighted by molar-refractivity contribution is 4.83. The van der Waals surface area contributed by atoms with E-state index in [0.29, 0.717) is 19.8 Å². The van der Waals surface area contributed by atoms with Crippen molar-refractivity contribution in [3.05, 3.63) is 0 Å². The van der Waals surface area contributed by atoms with Crippen molar-refractivity contribution in [2.24, 2.45) is 0 Å². The summed E-state index contributed by atoms with van der Waals surface area (Å²) in [6, 6.07) is 0. The van der Waals surface area contributed by atoms with Crippen LogP contribution in [-0.2, 0) is 9.47 Å². The van der Waals surface area contributed by atoms with Crippen molar-refractivity contribution < 1.29 is 9.47 Å². The van der Waals surface area contributed by atoms with Gasteiger partial charge in [-0.2, -0.15) is 0 Å². The monoisotopic (exact) mass is 171 g/mol. The molecule has 3 heteroatoms. The summed E-state index contributed by atoms with van der Waals surface area (Å²) < 4.78 is 10.0. The first-order valence-corrected chi connectivity index (χ1v) is 4.12. The molecule has 0 rings (SSSR count). The van der Waals surface area contributed by atoms with Crippen molar-refractivity contribution in [2.75, 3.05) is 40.0 Å². The highest BCUT2D eigenvalue weighted by Gasteiger charge is 1.87. The van der Waals surface area contributed by atoms with Gasteiger partial charge in [-0.25, -0.2) is 0 Å². The van der Waals surface area contributed by atoms with Crippen LogP contribution in [0.15, 0.2) is 0 Å². The fourth-order valence-electron chi connectivity index (χ4n) is 0.674. The molecule has 0 spiro atoms. The topological polar surface area (TPSA) is 30.5 Å². The maximum Gasteiger partial charge on any atom is 0.0700 e. The van der Waals surface area contributed by atoms with Crippen molar-refractivity contribution in [3.8, 4) is 12.3 Å². The standard InChI is InChI=1S/C9H17NO2/c1-3-4-5-10-6-7-12-9-8-11-2/h1,10H,4-9H2,2H3. The zero-order chi connectivity index (χ0) is 9.07. The first-order chi connectivity index (χ1) is 5.91. The maximum atomic E-state index is 5.22. The molecule has 70 valence electrons. The number of nitrogens with one attached hydrogen (secondary N) is 1. The van der Waals surface area contributed by atoms with Crippen molar-refractivity contribution in [2.45, 2.75) is 6.42 Å². The molecule has 0 aliphatic heterocycles. The summed E-state index contributed by atoms with van der Waals surface area (Å²) in [5.74, 6) is 2.56. The lowest BCUT2D eigenvalue weighted by Crippen LogP contribution is -2.21. The molecule has 0 aromatic rings. The Hall–Kier alpha value is -0.560. The van der Waals surface area contributed by atoms with Crippen molar-refractivity contribution in [3.63, 3.8) is 0 Å². The van der Waals surface area contributed by atoms with E-state index in [1.54, 1.807) is 7.11 Å². The summed E-state index contributed by atoms with van der Waals surface area (Å²) in [7, 11) is 1.66. The van der Waals surface area contributed by atoms with Gasteiger partial charge in [-0.1, -0.05) is 0 Å². The maximum absolute atomic E-state index is 5.22. The van der Waals surface area contributed by atoms with E-state index in [4.69, 9.17) is 15.9 Å². The minimum absolute atomic E-state index is 0.657. The molecule has 0 aliphatic rings. The van der Waals surface area contributed by atoms with Gasteiger partial charge in [-0.05, 0) is 0 Å². The van der Waals surface area contributed by atoms with E-state index >= 15 is 0 Å². The molecule has 0 fully saturated rings. The van der Waals surface area contributed by atoms with E-state index < -0.39 is 0 Å². The van der Waals surface area contributed by atoms with E-state index in [1.165, 1.54) is 0 Å². The molecular formula is C9H17NO2. The molecule has 0 aliphatic carbocycles. The molecule has 0 heterocycles. The smallest absolute Gasteiger partial charge is 0.0700 e. The van der Waals surface area contributed by atoms with Crippen LogP contribution in [0.5, 0.6) is 0 Å². The Morgan fingerprint density at radius 2 is 2.08 bits per heavy atom. The molecule has 0 aromatic heterocycles. The van der Waals surface area contributed by atoms with E-state index in [9.17, 15) is 0 Å². The Kier molecular flexibility index (Phi) is 9.95. The lowest BCUT2D eigenvalue weighted by molar-refractivity contribution is 0.0721. The van der Waals surface area contributed by atoms with Gasteiger partial charge in [0.25, 0.3) is 0 Å². The average molecular weight is 171 g/mol. The Labute approximate surface area is 74.4 Å². The van der Waals surface area contributed by atoms with Crippen LogP contribution in [0.2, 0.25) is 0 Å². The van der Waals surface area contributed by atoms with Crippen molar-refractivity contribution >= 4 is 0 Å². The Morgan fingerprint density at radius 3 is 2.75 bits per heavy atom. The molecule has 12 heavy (non-hydrogen) atoms. The van der Waals surface area contributed by atoms with Crippen LogP contribution in [0.4, 0.5) is 0 Å². The fraction of sp³-hybridized carbons (Fsp3) is 0.778. The first-order valence-electron chi connectivity index (χ1n) is 4.12. The molecule has 0 saturated carbocycles. The lowest BCUT2D eigenvalue weighted by atomic mass is 10.4.